The molecule has 0 saturated carbocycles. The van der Waals surface area contributed by atoms with Crippen molar-refractivity contribution in [1.82, 2.24) is 0 Å². The Morgan fingerprint density at radius 3 is 1.56 bits per heavy atom. The predicted molar refractivity (Wildman–Crippen MR) is 89.5 cm³/mol. The van der Waals surface area contributed by atoms with Gasteiger partial charge in [-0.3, -0.25) is 0 Å². The van der Waals surface area contributed by atoms with Crippen LogP contribution in [-0.2, 0) is 0 Å². The first kappa shape index (κ1) is 14.0. The highest BCUT2D eigenvalue weighted by atomic mass is 16.3. The largest absolute Gasteiger partial charge is 0.508 e. The van der Waals surface area contributed by atoms with Gasteiger partial charge in [0.25, 0.3) is 0 Å². The van der Waals surface area contributed by atoms with Gasteiger partial charge in [0.05, 0.1) is 0 Å². The molecule has 0 saturated heterocycles. The standard InChI is InChI=1S/C20H14O5/c21-10-5-6-11(22)17-15-9-4-2-1-3-8(9)14(16(10)17)18-12(23)7-13(24)20(25)19(15)18/h1-7,14-15,21-25H. The SMILES string of the molecule is Oc1cc(O)c2c(c1O)C1c3ccccc3C2c2c(O)ccc(O)c21. The van der Waals surface area contributed by atoms with Crippen LogP contribution in [0.15, 0.2) is 42.5 Å². The maximum absolute atomic E-state index is 10.5. The van der Waals surface area contributed by atoms with Gasteiger partial charge in [-0.1, -0.05) is 24.3 Å². The summed E-state index contributed by atoms with van der Waals surface area (Å²) in [7, 11) is 0. The van der Waals surface area contributed by atoms with E-state index in [0.717, 1.165) is 17.2 Å². The van der Waals surface area contributed by atoms with Crippen molar-refractivity contribution in [3.05, 3.63) is 75.8 Å². The Morgan fingerprint density at radius 2 is 1.00 bits per heavy atom. The molecule has 0 fully saturated rings. The van der Waals surface area contributed by atoms with Crippen LogP contribution in [0.2, 0.25) is 0 Å². The molecule has 3 aromatic carbocycles. The second-order valence-corrected chi connectivity index (χ2v) is 6.52. The molecule has 3 aliphatic rings. The summed E-state index contributed by atoms with van der Waals surface area (Å²) >= 11 is 0. The van der Waals surface area contributed by atoms with Gasteiger partial charge in [-0.15, -0.1) is 0 Å². The summed E-state index contributed by atoms with van der Waals surface area (Å²) in [6, 6.07) is 11.5. The average Bonchev–Trinajstić information content (AvgIpc) is 2.62. The average molecular weight is 334 g/mol. The fourth-order valence-corrected chi connectivity index (χ4v) is 4.44. The van der Waals surface area contributed by atoms with Crippen LogP contribution in [0.5, 0.6) is 28.7 Å². The van der Waals surface area contributed by atoms with Crippen LogP contribution in [0.4, 0.5) is 0 Å². The molecule has 5 N–H and O–H groups in total. The number of hydrogen-bond acceptors (Lipinski definition) is 5. The second kappa shape index (κ2) is 4.39. The molecule has 0 heterocycles. The quantitative estimate of drug-likeness (QED) is 0.221. The minimum absolute atomic E-state index is 0.00480. The number of rotatable bonds is 0. The minimum Gasteiger partial charge on any atom is -0.508 e. The Hall–Kier alpha value is -3.34. The molecule has 5 nitrogen and oxygen atoms in total. The molecule has 0 radical (unpaired) electrons. The molecule has 0 aliphatic heterocycles. The van der Waals surface area contributed by atoms with Gasteiger partial charge in [0.2, 0.25) is 0 Å². The van der Waals surface area contributed by atoms with Crippen molar-refractivity contribution < 1.29 is 25.5 Å². The van der Waals surface area contributed by atoms with E-state index in [1.165, 1.54) is 12.1 Å². The number of hydrogen-bond donors (Lipinski definition) is 5. The van der Waals surface area contributed by atoms with Crippen LogP contribution >= 0.6 is 0 Å². The van der Waals surface area contributed by atoms with Crippen molar-refractivity contribution in [2.75, 3.05) is 0 Å². The highest BCUT2D eigenvalue weighted by molar-refractivity contribution is 5.77. The molecular formula is C20H14O5. The van der Waals surface area contributed by atoms with E-state index < -0.39 is 17.6 Å². The highest BCUT2D eigenvalue weighted by Gasteiger charge is 2.47. The Kier molecular flexibility index (Phi) is 2.46. The Labute approximate surface area is 142 Å². The molecule has 3 aromatic rings. The Bertz CT molecular complexity index is 1070. The molecule has 2 unspecified atom stereocenters. The van der Waals surface area contributed by atoms with Gasteiger partial charge in [-0.25, -0.2) is 0 Å². The third kappa shape index (κ3) is 1.53. The summed E-state index contributed by atoms with van der Waals surface area (Å²) in [6.07, 6.45) is 0. The zero-order valence-electron chi connectivity index (χ0n) is 12.9. The van der Waals surface area contributed by atoms with Crippen molar-refractivity contribution >= 4 is 0 Å². The summed E-state index contributed by atoms with van der Waals surface area (Å²) in [5, 5.41) is 51.9. The van der Waals surface area contributed by atoms with E-state index in [2.05, 4.69) is 0 Å². The van der Waals surface area contributed by atoms with Gasteiger partial charge >= 0.3 is 0 Å². The number of benzene rings is 3. The maximum Gasteiger partial charge on any atom is 0.162 e. The van der Waals surface area contributed by atoms with Crippen LogP contribution in [0.3, 0.4) is 0 Å². The zero-order chi connectivity index (χ0) is 17.5. The maximum atomic E-state index is 10.5. The smallest absolute Gasteiger partial charge is 0.162 e. The molecule has 2 atom stereocenters. The normalized spacial score (nSPS) is 19.2. The number of phenolic OH excluding ortho intramolecular Hbond substituents is 5. The third-order valence-electron chi connectivity index (χ3n) is 5.35. The zero-order valence-corrected chi connectivity index (χ0v) is 12.9. The molecule has 0 aromatic heterocycles. The van der Waals surface area contributed by atoms with Crippen molar-refractivity contribution in [3.63, 3.8) is 0 Å². The second-order valence-electron chi connectivity index (χ2n) is 6.52. The van der Waals surface area contributed by atoms with E-state index >= 15 is 0 Å². The van der Waals surface area contributed by atoms with Crippen molar-refractivity contribution in [1.29, 1.82) is 0 Å². The summed E-state index contributed by atoms with van der Waals surface area (Å²) in [5.41, 5.74) is 3.61. The predicted octanol–water partition coefficient (Wildman–Crippen LogP) is 3.20. The van der Waals surface area contributed by atoms with E-state index in [0.29, 0.717) is 22.3 Å². The lowest BCUT2D eigenvalue weighted by molar-refractivity contribution is 0.383. The monoisotopic (exact) mass is 334 g/mol. The lowest BCUT2D eigenvalue weighted by Gasteiger charge is -2.42. The molecule has 6 rings (SSSR count). The molecule has 0 spiro atoms. The molecule has 25 heavy (non-hydrogen) atoms. The summed E-state index contributed by atoms with van der Waals surface area (Å²) < 4.78 is 0. The Morgan fingerprint density at radius 1 is 0.520 bits per heavy atom. The first-order valence-electron chi connectivity index (χ1n) is 7.92. The van der Waals surface area contributed by atoms with Crippen molar-refractivity contribution in [2.45, 2.75) is 11.8 Å². The summed E-state index contributed by atoms with van der Waals surface area (Å²) in [5.74, 6) is -1.97. The summed E-state index contributed by atoms with van der Waals surface area (Å²) in [4.78, 5) is 0. The van der Waals surface area contributed by atoms with Gasteiger partial charge in [0, 0.05) is 40.2 Å². The first-order chi connectivity index (χ1) is 12.0. The van der Waals surface area contributed by atoms with E-state index in [4.69, 9.17) is 0 Å². The highest BCUT2D eigenvalue weighted by Crippen LogP contribution is 2.64. The summed E-state index contributed by atoms with van der Waals surface area (Å²) in [6.45, 7) is 0. The molecule has 5 heteroatoms. The van der Waals surface area contributed by atoms with Crippen LogP contribution in [0, 0.1) is 0 Å². The van der Waals surface area contributed by atoms with E-state index in [1.807, 2.05) is 24.3 Å². The van der Waals surface area contributed by atoms with E-state index in [9.17, 15) is 25.5 Å². The van der Waals surface area contributed by atoms with Crippen LogP contribution in [-0.4, -0.2) is 25.5 Å². The van der Waals surface area contributed by atoms with E-state index in [-0.39, 0.29) is 23.0 Å². The van der Waals surface area contributed by atoms with Crippen LogP contribution < -0.4 is 0 Å². The third-order valence-corrected chi connectivity index (χ3v) is 5.35. The molecule has 3 aliphatic carbocycles. The molecule has 124 valence electrons. The van der Waals surface area contributed by atoms with Crippen molar-refractivity contribution in [2.24, 2.45) is 0 Å². The Balaban J connectivity index is 2.00. The number of aromatic hydroxyl groups is 5. The van der Waals surface area contributed by atoms with Gasteiger partial charge in [-0.05, 0) is 23.3 Å². The lowest BCUT2D eigenvalue weighted by atomic mass is 9.60. The topological polar surface area (TPSA) is 101 Å². The molecule has 2 bridgehead atoms. The molecular weight excluding hydrogens is 320 g/mol. The van der Waals surface area contributed by atoms with Crippen LogP contribution in [0.25, 0.3) is 0 Å². The van der Waals surface area contributed by atoms with Crippen LogP contribution in [0.1, 0.15) is 45.2 Å². The lowest BCUT2D eigenvalue weighted by Crippen LogP contribution is -2.28. The fraction of sp³-hybridized carbons (Fsp3) is 0.100. The minimum atomic E-state index is -0.587. The molecule has 0 amide bonds. The first-order valence-corrected chi connectivity index (χ1v) is 7.92. The van der Waals surface area contributed by atoms with Gasteiger partial charge in [-0.2, -0.15) is 0 Å². The van der Waals surface area contributed by atoms with E-state index in [1.54, 1.807) is 0 Å². The number of phenols is 5. The van der Waals surface area contributed by atoms with Gasteiger partial charge < -0.3 is 25.5 Å². The van der Waals surface area contributed by atoms with Gasteiger partial charge in [0.15, 0.2) is 11.5 Å². The van der Waals surface area contributed by atoms with Crippen molar-refractivity contribution in [3.8, 4) is 28.7 Å². The van der Waals surface area contributed by atoms with Gasteiger partial charge in [0.1, 0.15) is 17.2 Å². The fourth-order valence-electron chi connectivity index (χ4n) is 4.44.